The Morgan fingerprint density at radius 3 is 2.29 bits per heavy atom. The molecular weight excluding hydrogens is 570 g/mol. The fourth-order valence-corrected chi connectivity index (χ4v) is 6.00. The van der Waals surface area contributed by atoms with E-state index in [1.54, 1.807) is 26.0 Å². The quantitative estimate of drug-likeness (QED) is 0.441. The molecule has 31 heavy (non-hydrogen) atoms. The summed E-state index contributed by atoms with van der Waals surface area (Å²) >= 11 is 12.0. The summed E-state index contributed by atoms with van der Waals surface area (Å²) in [6.45, 7) is 6.03. The van der Waals surface area contributed by atoms with Gasteiger partial charge in [0.05, 0.1) is 9.37 Å². The van der Waals surface area contributed by atoms with E-state index in [0.29, 0.717) is 24.5 Å². The molecule has 1 amide bonds. The Morgan fingerprint density at radius 2 is 1.74 bits per heavy atom. The molecule has 0 fully saturated rings. The smallest absolute Gasteiger partial charge is 0.264 e. The summed E-state index contributed by atoms with van der Waals surface area (Å²) in [4.78, 5) is 12.4. The zero-order chi connectivity index (χ0) is 23.2. The van der Waals surface area contributed by atoms with E-state index in [9.17, 15) is 13.2 Å². The number of sulfonamides is 1. The Morgan fingerprint density at radius 1 is 1.13 bits per heavy atom. The molecule has 0 aromatic heterocycles. The number of halogens is 2. The molecule has 2 aromatic carbocycles. The molecule has 0 bridgehead atoms. The van der Waals surface area contributed by atoms with Crippen molar-refractivity contribution in [3.05, 3.63) is 50.9 Å². The Bertz CT molecular complexity index is 1030. The average molecular weight is 593 g/mol. The maximum absolute atomic E-state index is 12.5. The van der Waals surface area contributed by atoms with Crippen molar-refractivity contribution in [2.45, 2.75) is 25.7 Å². The van der Waals surface area contributed by atoms with Gasteiger partial charge in [-0.1, -0.05) is 29.8 Å². The minimum Gasteiger partial charge on any atom is -0.482 e. The maximum atomic E-state index is 12.5. The van der Waals surface area contributed by atoms with Crippen molar-refractivity contribution in [1.82, 2.24) is 9.62 Å². The third-order valence-electron chi connectivity index (χ3n) is 4.25. The van der Waals surface area contributed by atoms with Gasteiger partial charge < -0.3 is 10.1 Å². The number of carbonyl (C=O) groups is 1. The first-order valence-corrected chi connectivity index (χ1v) is 12.8. The van der Waals surface area contributed by atoms with Gasteiger partial charge in [-0.3, -0.25) is 10.1 Å². The first-order valence-electron chi connectivity index (χ1n) is 9.38. The Kier molecular flexibility index (Phi) is 9.44. The van der Waals surface area contributed by atoms with Crippen molar-refractivity contribution in [3.8, 4) is 5.75 Å². The Labute approximate surface area is 204 Å². The second-order valence-corrected chi connectivity index (χ2v) is 10.6. The van der Waals surface area contributed by atoms with Crippen LogP contribution in [0.4, 0.5) is 5.69 Å². The summed E-state index contributed by atoms with van der Waals surface area (Å²) in [6.07, 6.45) is 0. The lowest BCUT2D eigenvalue weighted by atomic mass is 10.2. The number of aryl methyl sites for hydroxylation is 1. The second kappa shape index (κ2) is 11.4. The molecule has 2 aromatic rings. The highest BCUT2D eigenvalue weighted by Crippen LogP contribution is 2.32. The predicted octanol–water partition coefficient (Wildman–Crippen LogP) is 4.44. The number of hydrogen-bond donors (Lipinski definition) is 2. The zero-order valence-electron chi connectivity index (χ0n) is 17.2. The number of nitrogens with one attached hydrogen (secondary N) is 2. The molecule has 0 saturated carbocycles. The van der Waals surface area contributed by atoms with Crippen LogP contribution < -0.4 is 15.4 Å². The van der Waals surface area contributed by atoms with E-state index in [4.69, 9.17) is 17.0 Å². The van der Waals surface area contributed by atoms with Gasteiger partial charge >= 0.3 is 0 Å². The van der Waals surface area contributed by atoms with Gasteiger partial charge in [0.1, 0.15) is 5.75 Å². The van der Waals surface area contributed by atoms with Gasteiger partial charge in [0.2, 0.25) is 10.0 Å². The van der Waals surface area contributed by atoms with Crippen LogP contribution in [0.15, 0.2) is 50.2 Å². The predicted molar refractivity (Wildman–Crippen MR) is 133 cm³/mol. The van der Waals surface area contributed by atoms with E-state index in [1.807, 2.05) is 19.1 Å². The molecule has 0 radical (unpaired) electrons. The van der Waals surface area contributed by atoms with Crippen LogP contribution in [0.3, 0.4) is 0 Å². The molecular formula is C20H23Br2N3O4S2. The molecule has 0 heterocycles. The molecule has 2 N–H and O–H groups in total. The van der Waals surface area contributed by atoms with Gasteiger partial charge in [-0.15, -0.1) is 0 Å². The lowest BCUT2D eigenvalue weighted by Gasteiger charge is -2.18. The topological polar surface area (TPSA) is 87.7 Å². The molecule has 7 nitrogen and oxygen atoms in total. The van der Waals surface area contributed by atoms with Crippen molar-refractivity contribution in [2.24, 2.45) is 0 Å². The van der Waals surface area contributed by atoms with Crippen LogP contribution in [0.2, 0.25) is 0 Å². The number of rotatable bonds is 8. The van der Waals surface area contributed by atoms with Crippen LogP contribution in [0.1, 0.15) is 19.4 Å². The monoisotopic (exact) mass is 591 g/mol. The van der Waals surface area contributed by atoms with Crippen molar-refractivity contribution >= 4 is 70.8 Å². The van der Waals surface area contributed by atoms with E-state index >= 15 is 0 Å². The number of thiocarbonyl (C=S) groups is 1. The Hall–Kier alpha value is -1.53. The minimum atomic E-state index is -3.53. The number of anilines is 1. The maximum Gasteiger partial charge on any atom is 0.264 e. The first kappa shape index (κ1) is 25.7. The molecule has 168 valence electrons. The summed E-state index contributed by atoms with van der Waals surface area (Å²) in [5.41, 5.74) is 1.42. The summed E-state index contributed by atoms with van der Waals surface area (Å²) < 4.78 is 33.7. The zero-order valence-corrected chi connectivity index (χ0v) is 22.0. The van der Waals surface area contributed by atoms with Gasteiger partial charge in [-0.05, 0) is 77.0 Å². The van der Waals surface area contributed by atoms with Gasteiger partial charge in [-0.25, -0.2) is 8.42 Å². The lowest BCUT2D eigenvalue weighted by molar-refractivity contribution is -0.121. The standard InChI is InChI=1S/C20H23Br2N3O4S2/c1-4-25(5-2)31(27,28)16-8-6-15(7-9-16)23-20(30)24-18(26)12-29-19-13(3)10-14(21)11-17(19)22/h6-11H,4-5,12H2,1-3H3,(H2,23,24,26,30). The Balaban J connectivity index is 1.93. The molecule has 0 atom stereocenters. The fraction of sp³-hybridized carbons (Fsp3) is 0.300. The number of ether oxygens (including phenoxy) is 1. The minimum absolute atomic E-state index is 0.0829. The molecule has 0 aliphatic carbocycles. The average Bonchev–Trinajstić information content (AvgIpc) is 2.68. The summed E-state index contributed by atoms with van der Waals surface area (Å²) in [6, 6.07) is 9.89. The fourth-order valence-electron chi connectivity index (χ4n) is 2.76. The number of nitrogens with zero attached hydrogens (tertiary/aromatic N) is 1. The summed E-state index contributed by atoms with van der Waals surface area (Å²) in [5.74, 6) is 0.148. The SMILES string of the molecule is CCN(CC)S(=O)(=O)c1ccc(NC(=S)NC(=O)COc2c(C)cc(Br)cc2Br)cc1. The third-order valence-corrected chi connectivity index (χ3v) is 7.57. The molecule has 0 aliphatic heterocycles. The number of benzene rings is 2. The van der Waals surface area contributed by atoms with Crippen molar-refractivity contribution in [1.29, 1.82) is 0 Å². The van der Waals surface area contributed by atoms with Gasteiger partial charge in [0.25, 0.3) is 5.91 Å². The van der Waals surface area contributed by atoms with Gasteiger partial charge in [0.15, 0.2) is 11.7 Å². The lowest BCUT2D eigenvalue weighted by Crippen LogP contribution is -2.37. The third kappa shape index (κ3) is 6.98. The van der Waals surface area contributed by atoms with Crippen molar-refractivity contribution in [2.75, 3.05) is 25.0 Å². The van der Waals surface area contributed by atoms with E-state index in [0.717, 1.165) is 14.5 Å². The van der Waals surface area contributed by atoms with Crippen LogP contribution in [0.25, 0.3) is 0 Å². The van der Waals surface area contributed by atoms with E-state index < -0.39 is 15.9 Å². The second-order valence-electron chi connectivity index (χ2n) is 6.44. The van der Waals surface area contributed by atoms with Gasteiger partial charge in [-0.2, -0.15) is 4.31 Å². The molecule has 2 rings (SSSR count). The van der Waals surface area contributed by atoms with E-state index in [1.165, 1.54) is 16.4 Å². The van der Waals surface area contributed by atoms with Crippen LogP contribution in [-0.2, 0) is 14.8 Å². The van der Waals surface area contributed by atoms with Crippen LogP contribution in [-0.4, -0.2) is 43.4 Å². The van der Waals surface area contributed by atoms with Crippen LogP contribution in [0, 0.1) is 6.92 Å². The molecule has 0 aliphatic rings. The molecule has 11 heteroatoms. The van der Waals surface area contributed by atoms with E-state index in [-0.39, 0.29) is 16.6 Å². The van der Waals surface area contributed by atoms with E-state index in [2.05, 4.69) is 42.5 Å². The highest BCUT2D eigenvalue weighted by molar-refractivity contribution is 9.11. The van der Waals surface area contributed by atoms with Gasteiger partial charge in [0, 0.05) is 23.2 Å². The summed E-state index contributed by atoms with van der Waals surface area (Å²) in [7, 11) is -3.53. The highest BCUT2D eigenvalue weighted by Gasteiger charge is 2.21. The van der Waals surface area contributed by atoms with Crippen LogP contribution >= 0.6 is 44.1 Å². The van der Waals surface area contributed by atoms with Crippen molar-refractivity contribution in [3.63, 3.8) is 0 Å². The number of hydrogen-bond acceptors (Lipinski definition) is 5. The summed E-state index contributed by atoms with van der Waals surface area (Å²) in [5, 5.41) is 5.48. The molecule has 0 saturated heterocycles. The normalized spacial score (nSPS) is 11.3. The number of amides is 1. The first-order chi connectivity index (χ1) is 14.6. The van der Waals surface area contributed by atoms with Crippen molar-refractivity contribution < 1.29 is 17.9 Å². The van der Waals surface area contributed by atoms with Crippen LogP contribution in [0.5, 0.6) is 5.75 Å². The molecule has 0 unspecified atom stereocenters. The largest absolute Gasteiger partial charge is 0.482 e. The highest BCUT2D eigenvalue weighted by atomic mass is 79.9. The number of carbonyl (C=O) groups excluding carboxylic acids is 1. The molecule has 0 spiro atoms.